The third kappa shape index (κ3) is 4.56. The Balaban J connectivity index is 1.24. The lowest BCUT2D eigenvalue weighted by Crippen LogP contribution is -2.47. The van der Waals surface area contributed by atoms with Crippen LogP contribution in [-0.2, 0) is 9.53 Å². The number of morpholine rings is 1. The first-order valence-corrected chi connectivity index (χ1v) is 11.7. The minimum Gasteiger partial charge on any atom is -0.380 e. The molecular weight excluding hydrogens is 382 g/mol. The fourth-order valence-corrected chi connectivity index (χ4v) is 5.34. The molecule has 166 valence electrons. The van der Waals surface area contributed by atoms with Gasteiger partial charge in [-0.2, -0.15) is 0 Å². The normalized spacial score (nSPS) is 30.2. The van der Waals surface area contributed by atoms with Gasteiger partial charge in [0.2, 0.25) is 5.91 Å². The van der Waals surface area contributed by atoms with Crippen molar-refractivity contribution in [2.75, 3.05) is 43.1 Å². The van der Waals surface area contributed by atoms with E-state index < -0.39 is 5.43 Å². The minimum absolute atomic E-state index is 0.116. The van der Waals surface area contributed by atoms with Crippen LogP contribution in [0, 0.1) is 17.8 Å². The number of hydrogen-bond donors (Lipinski definition) is 2. The van der Waals surface area contributed by atoms with Crippen LogP contribution in [0.5, 0.6) is 0 Å². The van der Waals surface area contributed by atoms with Crippen LogP contribution in [-0.4, -0.2) is 44.8 Å². The highest BCUT2D eigenvalue weighted by atomic mass is 16.5. The van der Waals surface area contributed by atoms with Gasteiger partial charge in [-0.1, -0.05) is 19.8 Å². The van der Waals surface area contributed by atoms with Crippen molar-refractivity contribution >= 4 is 17.3 Å². The van der Waals surface area contributed by atoms with E-state index in [-0.39, 0.29) is 17.3 Å². The summed E-state index contributed by atoms with van der Waals surface area (Å²) in [6, 6.07) is 0.346. The van der Waals surface area contributed by atoms with E-state index in [4.69, 9.17) is 4.74 Å². The lowest BCUT2D eigenvalue weighted by molar-refractivity contribution is -0.127. The first-order valence-electron chi connectivity index (χ1n) is 11.7. The summed E-state index contributed by atoms with van der Waals surface area (Å²) in [7, 11) is 0. The van der Waals surface area contributed by atoms with Crippen molar-refractivity contribution < 1.29 is 9.53 Å². The fraction of sp³-hybridized carbons (Fsp3) is 0.783. The molecule has 0 aromatic heterocycles. The highest BCUT2D eigenvalue weighted by Crippen LogP contribution is 2.31. The molecule has 1 aromatic carbocycles. The zero-order chi connectivity index (χ0) is 21.1. The Labute approximate surface area is 178 Å². The maximum atomic E-state index is 12.7. The maximum Gasteiger partial charge on any atom is 0.253 e. The van der Waals surface area contributed by atoms with Gasteiger partial charge >= 0.3 is 0 Å². The average Bonchev–Trinajstić information content (AvgIpc) is 2.78. The summed E-state index contributed by atoms with van der Waals surface area (Å²) in [5.74, 6) is 1.37. The first-order chi connectivity index (χ1) is 14.5. The molecule has 30 heavy (non-hydrogen) atoms. The van der Waals surface area contributed by atoms with Gasteiger partial charge in [0.15, 0.2) is 0 Å². The first kappa shape index (κ1) is 21.3. The molecular formula is C23H35N3O4. The van der Waals surface area contributed by atoms with E-state index in [2.05, 4.69) is 17.6 Å². The molecule has 0 radical (unpaired) electrons. The van der Waals surface area contributed by atoms with Gasteiger partial charge in [0.25, 0.3) is 10.9 Å². The molecule has 2 unspecified atom stereocenters. The Morgan fingerprint density at radius 1 is 1.00 bits per heavy atom. The molecule has 3 aliphatic rings. The molecule has 1 heterocycles. The van der Waals surface area contributed by atoms with E-state index >= 15 is 0 Å². The highest BCUT2D eigenvalue weighted by molar-refractivity contribution is 5.79. The number of carbonyl (C=O) groups is 1. The number of rotatable bonds is 6. The maximum absolute atomic E-state index is 12.7. The summed E-state index contributed by atoms with van der Waals surface area (Å²) in [5, 5.41) is 6.57. The van der Waals surface area contributed by atoms with Crippen molar-refractivity contribution in [2.45, 2.75) is 64.3 Å². The summed E-state index contributed by atoms with van der Waals surface area (Å²) < 4.78 is 5.34. The minimum atomic E-state index is -0.397. The third-order valence-electron chi connectivity index (χ3n) is 7.44. The summed E-state index contributed by atoms with van der Waals surface area (Å²) in [6.07, 6.45) is 8.59. The average molecular weight is 418 g/mol. The Bertz CT molecular complexity index is 802. The Morgan fingerprint density at radius 2 is 1.70 bits per heavy atom. The molecule has 7 nitrogen and oxygen atoms in total. The lowest BCUT2D eigenvalue weighted by Gasteiger charge is -2.34. The molecule has 2 aliphatic carbocycles. The molecule has 1 aliphatic heterocycles. The molecule has 7 heteroatoms. The lowest BCUT2D eigenvalue weighted by atomic mass is 9.80. The van der Waals surface area contributed by atoms with Gasteiger partial charge in [-0.15, -0.1) is 0 Å². The van der Waals surface area contributed by atoms with Crippen molar-refractivity contribution in [3.05, 3.63) is 20.4 Å². The van der Waals surface area contributed by atoms with Gasteiger partial charge < -0.3 is 20.3 Å². The molecule has 1 amide bonds. The van der Waals surface area contributed by atoms with Crippen molar-refractivity contribution in [3.63, 3.8) is 0 Å². The van der Waals surface area contributed by atoms with Gasteiger partial charge in [-0.25, -0.2) is 0 Å². The SMILES string of the molecule is CC1CCCCC1NC(=O)C1CCC(CNc2c(N3CCOCC3)c(=O)c2=O)CC1. The predicted octanol–water partition coefficient (Wildman–Crippen LogP) is 2.03. The second-order valence-corrected chi connectivity index (χ2v) is 9.46. The van der Waals surface area contributed by atoms with Crippen LogP contribution in [0.25, 0.3) is 0 Å². The van der Waals surface area contributed by atoms with Crippen LogP contribution >= 0.6 is 0 Å². The largest absolute Gasteiger partial charge is 0.380 e. The molecule has 4 rings (SSSR count). The molecule has 0 spiro atoms. The van der Waals surface area contributed by atoms with Gasteiger partial charge in [0.05, 0.1) is 13.2 Å². The quantitative estimate of drug-likeness (QED) is 0.689. The summed E-state index contributed by atoms with van der Waals surface area (Å²) in [6.45, 7) is 5.42. The number of ether oxygens (including phenoxy) is 1. The Kier molecular flexibility index (Phi) is 6.76. The molecule has 1 saturated heterocycles. The van der Waals surface area contributed by atoms with Crippen molar-refractivity contribution in [3.8, 4) is 0 Å². The second-order valence-electron chi connectivity index (χ2n) is 9.46. The van der Waals surface area contributed by atoms with Crippen LogP contribution in [0.1, 0.15) is 58.3 Å². The Morgan fingerprint density at radius 3 is 2.40 bits per heavy atom. The van der Waals surface area contributed by atoms with Crippen LogP contribution in [0.4, 0.5) is 11.4 Å². The smallest absolute Gasteiger partial charge is 0.253 e. The van der Waals surface area contributed by atoms with Crippen LogP contribution in [0.3, 0.4) is 0 Å². The van der Waals surface area contributed by atoms with E-state index in [0.717, 1.165) is 32.1 Å². The summed E-state index contributed by atoms with van der Waals surface area (Å²) in [4.78, 5) is 38.8. The number of anilines is 2. The number of nitrogens with one attached hydrogen (secondary N) is 2. The van der Waals surface area contributed by atoms with E-state index in [1.165, 1.54) is 19.3 Å². The molecule has 2 saturated carbocycles. The van der Waals surface area contributed by atoms with Gasteiger partial charge in [0, 0.05) is 31.6 Å². The predicted molar refractivity (Wildman–Crippen MR) is 118 cm³/mol. The summed E-state index contributed by atoms with van der Waals surface area (Å²) >= 11 is 0. The second kappa shape index (κ2) is 9.50. The van der Waals surface area contributed by atoms with Crippen molar-refractivity contribution in [1.82, 2.24) is 5.32 Å². The van der Waals surface area contributed by atoms with E-state index in [1.54, 1.807) is 0 Å². The fourth-order valence-electron chi connectivity index (χ4n) is 5.34. The van der Waals surface area contributed by atoms with Crippen LogP contribution in [0.2, 0.25) is 0 Å². The molecule has 0 bridgehead atoms. The van der Waals surface area contributed by atoms with E-state index in [0.29, 0.717) is 62.1 Å². The topological polar surface area (TPSA) is 87.7 Å². The number of nitrogens with zero attached hydrogens (tertiary/aromatic N) is 1. The Hall–Kier alpha value is -1.89. The highest BCUT2D eigenvalue weighted by Gasteiger charge is 2.31. The third-order valence-corrected chi connectivity index (χ3v) is 7.44. The number of carbonyl (C=O) groups excluding carboxylic acids is 1. The zero-order valence-electron chi connectivity index (χ0n) is 18.1. The van der Waals surface area contributed by atoms with Crippen molar-refractivity contribution in [1.29, 1.82) is 0 Å². The standard InChI is InChI=1S/C23H35N3O4/c1-15-4-2-3-5-18(15)25-23(29)17-8-6-16(7-9-17)14-24-19-20(22(28)21(19)27)26-10-12-30-13-11-26/h15-18,24H,2-14H2,1H3,(H,25,29). The van der Waals surface area contributed by atoms with Crippen LogP contribution < -0.4 is 26.4 Å². The summed E-state index contributed by atoms with van der Waals surface area (Å²) in [5.41, 5.74) is 0.244. The number of amides is 1. The monoisotopic (exact) mass is 417 g/mol. The van der Waals surface area contributed by atoms with E-state index in [1.807, 2.05) is 4.90 Å². The van der Waals surface area contributed by atoms with Crippen LogP contribution in [0.15, 0.2) is 9.59 Å². The van der Waals surface area contributed by atoms with Gasteiger partial charge in [0.1, 0.15) is 11.4 Å². The molecule has 2 atom stereocenters. The van der Waals surface area contributed by atoms with Gasteiger partial charge in [-0.05, 0) is 50.4 Å². The van der Waals surface area contributed by atoms with Gasteiger partial charge in [-0.3, -0.25) is 14.4 Å². The zero-order valence-corrected chi connectivity index (χ0v) is 18.1. The van der Waals surface area contributed by atoms with Crippen molar-refractivity contribution in [2.24, 2.45) is 17.8 Å². The molecule has 2 N–H and O–H groups in total. The van der Waals surface area contributed by atoms with E-state index in [9.17, 15) is 14.4 Å². The number of hydrogen-bond acceptors (Lipinski definition) is 6. The molecule has 3 fully saturated rings. The molecule has 1 aromatic rings.